The Labute approximate surface area is 115 Å². The van der Waals surface area contributed by atoms with E-state index in [1.54, 1.807) is 6.26 Å². The molecule has 0 amide bonds. The van der Waals surface area contributed by atoms with E-state index in [2.05, 4.69) is 22.2 Å². The van der Waals surface area contributed by atoms with Crippen molar-refractivity contribution in [2.24, 2.45) is 5.92 Å². The molecule has 0 aromatic carbocycles. The van der Waals surface area contributed by atoms with Crippen LogP contribution < -0.4 is 5.32 Å². The SMILES string of the molecule is C#CCN(Cc1ccoc1CNC1CC1)CC1CC1. The lowest BCUT2D eigenvalue weighted by Crippen LogP contribution is -2.26. The monoisotopic (exact) mass is 258 g/mol. The third-order valence-electron chi connectivity index (χ3n) is 3.89. The summed E-state index contributed by atoms with van der Waals surface area (Å²) in [6, 6.07) is 2.80. The summed E-state index contributed by atoms with van der Waals surface area (Å²) >= 11 is 0. The molecule has 3 rings (SSSR count). The lowest BCUT2D eigenvalue weighted by Gasteiger charge is -2.19. The van der Waals surface area contributed by atoms with Gasteiger partial charge in [0, 0.05) is 24.7 Å². The van der Waals surface area contributed by atoms with Crippen molar-refractivity contribution >= 4 is 0 Å². The van der Waals surface area contributed by atoms with Crippen molar-refractivity contribution in [2.75, 3.05) is 13.1 Å². The van der Waals surface area contributed by atoms with Crippen LogP contribution in [0.25, 0.3) is 0 Å². The van der Waals surface area contributed by atoms with E-state index in [1.807, 2.05) is 0 Å². The first-order valence-electron chi connectivity index (χ1n) is 7.29. The Hall–Kier alpha value is -1.24. The number of hydrogen-bond acceptors (Lipinski definition) is 3. The summed E-state index contributed by atoms with van der Waals surface area (Å²) in [6.07, 6.45) is 12.6. The zero-order chi connectivity index (χ0) is 13.1. The smallest absolute Gasteiger partial charge is 0.122 e. The standard InChI is InChI=1S/C16H22N2O/c1-2-8-18(11-13-3-4-13)12-14-7-9-19-16(14)10-17-15-5-6-15/h1,7,9,13,15,17H,3-6,8,10-12H2. The van der Waals surface area contributed by atoms with Crippen LogP contribution in [-0.4, -0.2) is 24.0 Å². The van der Waals surface area contributed by atoms with E-state index in [0.29, 0.717) is 6.04 Å². The van der Waals surface area contributed by atoms with Crippen LogP contribution in [0.1, 0.15) is 37.0 Å². The summed E-state index contributed by atoms with van der Waals surface area (Å²) < 4.78 is 5.60. The van der Waals surface area contributed by atoms with Crippen molar-refractivity contribution < 1.29 is 4.42 Å². The van der Waals surface area contributed by atoms with Gasteiger partial charge in [0.25, 0.3) is 0 Å². The van der Waals surface area contributed by atoms with Gasteiger partial charge in [0.1, 0.15) is 5.76 Å². The van der Waals surface area contributed by atoms with Crippen molar-refractivity contribution in [3.63, 3.8) is 0 Å². The maximum atomic E-state index is 5.60. The predicted molar refractivity (Wildman–Crippen MR) is 75.4 cm³/mol. The van der Waals surface area contributed by atoms with Crippen molar-refractivity contribution in [2.45, 2.75) is 44.8 Å². The first-order chi connectivity index (χ1) is 9.35. The first-order valence-corrected chi connectivity index (χ1v) is 7.29. The molecular formula is C16H22N2O. The summed E-state index contributed by atoms with van der Waals surface area (Å²) in [6.45, 7) is 3.63. The van der Waals surface area contributed by atoms with Crippen LogP contribution in [0.4, 0.5) is 0 Å². The van der Waals surface area contributed by atoms with Crippen molar-refractivity contribution in [1.82, 2.24) is 10.2 Å². The second-order valence-electron chi connectivity index (χ2n) is 5.84. The van der Waals surface area contributed by atoms with Crippen molar-refractivity contribution in [1.29, 1.82) is 0 Å². The summed E-state index contributed by atoms with van der Waals surface area (Å²) in [5.41, 5.74) is 1.28. The first kappa shape index (κ1) is 12.8. The third kappa shape index (κ3) is 3.86. The molecule has 0 atom stereocenters. The maximum Gasteiger partial charge on any atom is 0.122 e. The molecule has 2 fully saturated rings. The number of nitrogens with one attached hydrogen (secondary N) is 1. The summed E-state index contributed by atoms with van der Waals surface area (Å²) in [5, 5.41) is 3.51. The second-order valence-corrected chi connectivity index (χ2v) is 5.84. The number of nitrogens with zero attached hydrogens (tertiary/aromatic N) is 1. The minimum Gasteiger partial charge on any atom is -0.468 e. The van der Waals surface area contributed by atoms with E-state index in [-0.39, 0.29) is 0 Å². The van der Waals surface area contributed by atoms with Gasteiger partial charge < -0.3 is 9.73 Å². The number of furan rings is 1. The molecule has 0 radical (unpaired) electrons. The Kier molecular flexibility index (Phi) is 3.91. The van der Waals surface area contributed by atoms with Gasteiger partial charge in [-0.3, -0.25) is 4.90 Å². The van der Waals surface area contributed by atoms with Gasteiger partial charge in [-0.25, -0.2) is 0 Å². The zero-order valence-electron chi connectivity index (χ0n) is 11.4. The molecule has 3 heteroatoms. The lowest BCUT2D eigenvalue weighted by atomic mass is 10.2. The highest BCUT2D eigenvalue weighted by Crippen LogP contribution is 2.30. The van der Waals surface area contributed by atoms with Crippen LogP contribution in [0.5, 0.6) is 0 Å². The Balaban J connectivity index is 1.56. The zero-order valence-corrected chi connectivity index (χ0v) is 11.4. The minimum absolute atomic E-state index is 0.714. The molecular weight excluding hydrogens is 236 g/mol. The van der Waals surface area contributed by atoms with Gasteiger partial charge >= 0.3 is 0 Å². The van der Waals surface area contributed by atoms with Gasteiger partial charge in [-0.1, -0.05) is 5.92 Å². The molecule has 0 bridgehead atoms. The quantitative estimate of drug-likeness (QED) is 0.726. The molecule has 0 aliphatic heterocycles. The van der Waals surface area contributed by atoms with E-state index in [4.69, 9.17) is 10.8 Å². The van der Waals surface area contributed by atoms with Crippen LogP contribution in [0.2, 0.25) is 0 Å². The lowest BCUT2D eigenvalue weighted by molar-refractivity contribution is 0.283. The van der Waals surface area contributed by atoms with Gasteiger partial charge in [-0.2, -0.15) is 0 Å². The van der Waals surface area contributed by atoms with Crippen LogP contribution in [0, 0.1) is 18.3 Å². The van der Waals surface area contributed by atoms with Crippen molar-refractivity contribution in [3.05, 3.63) is 23.7 Å². The predicted octanol–water partition coefficient (Wildman–Crippen LogP) is 2.38. The van der Waals surface area contributed by atoms with E-state index < -0.39 is 0 Å². The van der Waals surface area contributed by atoms with Crippen LogP contribution in [0.3, 0.4) is 0 Å². The van der Waals surface area contributed by atoms with E-state index in [9.17, 15) is 0 Å². The molecule has 1 heterocycles. The summed E-state index contributed by atoms with van der Waals surface area (Å²) in [7, 11) is 0. The molecule has 0 saturated heterocycles. The fourth-order valence-electron chi connectivity index (χ4n) is 2.41. The molecule has 1 N–H and O–H groups in total. The van der Waals surface area contributed by atoms with Crippen LogP contribution >= 0.6 is 0 Å². The molecule has 102 valence electrons. The molecule has 2 aliphatic carbocycles. The number of hydrogen-bond donors (Lipinski definition) is 1. The summed E-state index contributed by atoms with van der Waals surface area (Å²) in [5.74, 6) is 4.72. The molecule has 2 aliphatic rings. The minimum atomic E-state index is 0.714. The average molecular weight is 258 g/mol. The highest BCUT2D eigenvalue weighted by atomic mass is 16.3. The van der Waals surface area contributed by atoms with E-state index >= 15 is 0 Å². The average Bonchev–Trinajstić information content (AvgIpc) is 3.30. The fourth-order valence-corrected chi connectivity index (χ4v) is 2.41. The Bertz CT molecular complexity index is 452. The Morgan fingerprint density at radius 1 is 1.37 bits per heavy atom. The molecule has 1 aromatic heterocycles. The molecule has 19 heavy (non-hydrogen) atoms. The molecule has 0 spiro atoms. The van der Waals surface area contributed by atoms with E-state index in [0.717, 1.165) is 37.9 Å². The normalized spacial score (nSPS) is 18.7. The number of terminal acetylenes is 1. The van der Waals surface area contributed by atoms with Gasteiger partial charge in [0.15, 0.2) is 0 Å². The highest BCUT2D eigenvalue weighted by Gasteiger charge is 2.25. The van der Waals surface area contributed by atoms with Gasteiger partial charge in [-0.15, -0.1) is 6.42 Å². The topological polar surface area (TPSA) is 28.4 Å². The molecule has 3 nitrogen and oxygen atoms in total. The van der Waals surface area contributed by atoms with Crippen LogP contribution in [-0.2, 0) is 13.1 Å². The van der Waals surface area contributed by atoms with Crippen molar-refractivity contribution in [3.8, 4) is 12.3 Å². The maximum absolute atomic E-state index is 5.60. The largest absolute Gasteiger partial charge is 0.468 e. The van der Waals surface area contributed by atoms with Gasteiger partial charge in [0.2, 0.25) is 0 Å². The second kappa shape index (κ2) is 5.81. The number of rotatable bonds is 8. The summed E-state index contributed by atoms with van der Waals surface area (Å²) in [4.78, 5) is 2.36. The molecule has 0 unspecified atom stereocenters. The van der Waals surface area contributed by atoms with E-state index in [1.165, 1.54) is 31.2 Å². The fraction of sp³-hybridized carbons (Fsp3) is 0.625. The Morgan fingerprint density at radius 3 is 2.89 bits per heavy atom. The van der Waals surface area contributed by atoms with Gasteiger partial charge in [-0.05, 0) is 37.7 Å². The third-order valence-corrected chi connectivity index (χ3v) is 3.89. The highest BCUT2D eigenvalue weighted by molar-refractivity contribution is 5.17. The molecule has 1 aromatic rings. The molecule has 2 saturated carbocycles. The van der Waals surface area contributed by atoms with Crippen LogP contribution in [0.15, 0.2) is 16.7 Å². The Morgan fingerprint density at radius 2 is 2.21 bits per heavy atom. The van der Waals surface area contributed by atoms with Gasteiger partial charge in [0.05, 0.1) is 19.4 Å².